The Morgan fingerprint density at radius 3 is 2.74 bits per heavy atom. The summed E-state index contributed by atoms with van der Waals surface area (Å²) in [6, 6.07) is 8.31. The molecule has 0 spiro atoms. The second-order valence-corrected chi connectivity index (χ2v) is 5.92. The van der Waals surface area contributed by atoms with Gasteiger partial charge in [-0.25, -0.2) is 0 Å². The monoisotopic (exact) mass is 260 g/mol. The zero-order valence-electron chi connectivity index (χ0n) is 12.3. The van der Waals surface area contributed by atoms with Crippen LogP contribution >= 0.6 is 0 Å². The van der Waals surface area contributed by atoms with E-state index in [0.29, 0.717) is 0 Å². The molecule has 1 saturated heterocycles. The van der Waals surface area contributed by atoms with Crippen LogP contribution in [0.1, 0.15) is 44.6 Å². The molecule has 0 aromatic heterocycles. The number of rotatable bonds is 6. The fourth-order valence-electron chi connectivity index (χ4n) is 3.16. The molecule has 0 unspecified atom stereocenters. The quantitative estimate of drug-likeness (QED) is 0.790. The lowest BCUT2D eigenvalue weighted by Crippen LogP contribution is -2.34. The lowest BCUT2D eigenvalue weighted by atomic mass is 9.92. The van der Waals surface area contributed by atoms with Gasteiger partial charge in [0.1, 0.15) is 0 Å². The van der Waals surface area contributed by atoms with Crippen molar-refractivity contribution >= 4 is 5.69 Å². The van der Waals surface area contributed by atoms with E-state index in [1.54, 1.807) is 0 Å². The molecule has 0 aliphatic carbocycles. The summed E-state index contributed by atoms with van der Waals surface area (Å²) in [6.07, 6.45) is 8.00. The van der Waals surface area contributed by atoms with Gasteiger partial charge in [-0.05, 0) is 68.9 Å². The van der Waals surface area contributed by atoms with Crippen molar-refractivity contribution in [3.05, 3.63) is 29.8 Å². The van der Waals surface area contributed by atoms with Crippen molar-refractivity contribution in [3.8, 4) is 0 Å². The van der Waals surface area contributed by atoms with E-state index in [4.69, 9.17) is 5.73 Å². The number of likely N-dealkylation sites (tertiary alicyclic amines) is 1. The zero-order valence-corrected chi connectivity index (χ0v) is 12.3. The third-order valence-electron chi connectivity index (χ3n) is 4.29. The average molecular weight is 260 g/mol. The fourth-order valence-corrected chi connectivity index (χ4v) is 3.16. The Kier molecular flexibility index (Phi) is 5.71. The number of nitrogen functional groups attached to an aromatic ring is 1. The largest absolute Gasteiger partial charge is 0.399 e. The van der Waals surface area contributed by atoms with Crippen LogP contribution in [0.15, 0.2) is 24.3 Å². The third kappa shape index (κ3) is 4.87. The molecule has 2 nitrogen and oxygen atoms in total. The van der Waals surface area contributed by atoms with Gasteiger partial charge in [0, 0.05) is 5.69 Å². The summed E-state index contributed by atoms with van der Waals surface area (Å²) in [5, 5.41) is 0. The normalized spacial score (nSPS) is 17.7. The Bertz CT molecular complexity index is 367. The molecular formula is C17H28N2. The van der Waals surface area contributed by atoms with Gasteiger partial charge < -0.3 is 10.6 Å². The Balaban J connectivity index is 1.64. The van der Waals surface area contributed by atoms with E-state index in [2.05, 4.69) is 30.0 Å². The molecule has 1 aliphatic rings. The maximum Gasteiger partial charge on any atom is 0.0316 e. The smallest absolute Gasteiger partial charge is 0.0316 e. The van der Waals surface area contributed by atoms with E-state index in [1.807, 2.05) is 6.07 Å². The summed E-state index contributed by atoms with van der Waals surface area (Å²) in [7, 11) is 0. The minimum Gasteiger partial charge on any atom is -0.399 e. The highest BCUT2D eigenvalue weighted by Crippen LogP contribution is 2.21. The van der Waals surface area contributed by atoms with Crippen molar-refractivity contribution in [2.75, 3.05) is 25.4 Å². The Morgan fingerprint density at radius 1 is 1.26 bits per heavy atom. The predicted molar refractivity (Wildman–Crippen MR) is 83.2 cm³/mol. The van der Waals surface area contributed by atoms with Crippen molar-refractivity contribution in [1.82, 2.24) is 4.90 Å². The topological polar surface area (TPSA) is 29.3 Å². The maximum absolute atomic E-state index is 5.81. The second-order valence-electron chi connectivity index (χ2n) is 5.92. The lowest BCUT2D eigenvalue weighted by Gasteiger charge is -2.31. The van der Waals surface area contributed by atoms with E-state index >= 15 is 0 Å². The van der Waals surface area contributed by atoms with Gasteiger partial charge in [0.15, 0.2) is 0 Å². The second kappa shape index (κ2) is 7.54. The molecule has 1 aromatic rings. The van der Waals surface area contributed by atoms with Gasteiger partial charge in [-0.15, -0.1) is 0 Å². The molecular weight excluding hydrogens is 232 g/mol. The maximum atomic E-state index is 5.81. The highest BCUT2D eigenvalue weighted by atomic mass is 15.1. The molecule has 0 bridgehead atoms. The number of nitrogens with two attached hydrogens (primary N) is 1. The SMILES string of the molecule is CCCC1CCN(CCCc2cccc(N)c2)CC1. The molecule has 0 atom stereocenters. The highest BCUT2D eigenvalue weighted by molar-refractivity contribution is 5.40. The van der Waals surface area contributed by atoms with Gasteiger partial charge in [0.2, 0.25) is 0 Å². The number of nitrogens with zero attached hydrogens (tertiary/aromatic N) is 1. The van der Waals surface area contributed by atoms with Crippen LogP contribution in [0.2, 0.25) is 0 Å². The average Bonchev–Trinajstić information content (AvgIpc) is 2.41. The first-order valence-electron chi connectivity index (χ1n) is 7.84. The van der Waals surface area contributed by atoms with Gasteiger partial charge in [-0.3, -0.25) is 0 Å². The molecule has 0 saturated carbocycles. The molecule has 1 fully saturated rings. The highest BCUT2D eigenvalue weighted by Gasteiger charge is 2.17. The lowest BCUT2D eigenvalue weighted by molar-refractivity contribution is 0.177. The van der Waals surface area contributed by atoms with Crippen LogP contribution in [-0.2, 0) is 6.42 Å². The summed E-state index contributed by atoms with van der Waals surface area (Å²) >= 11 is 0. The van der Waals surface area contributed by atoms with Crippen LogP contribution in [0.25, 0.3) is 0 Å². The van der Waals surface area contributed by atoms with Crippen LogP contribution in [0.4, 0.5) is 5.69 Å². The molecule has 0 amide bonds. The van der Waals surface area contributed by atoms with E-state index in [9.17, 15) is 0 Å². The number of hydrogen-bond donors (Lipinski definition) is 1. The summed E-state index contributed by atoms with van der Waals surface area (Å²) in [5.41, 5.74) is 8.07. The van der Waals surface area contributed by atoms with Crippen LogP contribution < -0.4 is 5.73 Å². The summed E-state index contributed by atoms with van der Waals surface area (Å²) in [5.74, 6) is 0.996. The van der Waals surface area contributed by atoms with Gasteiger partial charge in [-0.2, -0.15) is 0 Å². The number of anilines is 1. The van der Waals surface area contributed by atoms with E-state index in [1.165, 1.54) is 57.3 Å². The van der Waals surface area contributed by atoms with Gasteiger partial charge in [-0.1, -0.05) is 31.9 Å². The summed E-state index contributed by atoms with van der Waals surface area (Å²) < 4.78 is 0. The molecule has 0 radical (unpaired) electrons. The number of hydrogen-bond acceptors (Lipinski definition) is 2. The van der Waals surface area contributed by atoms with Crippen LogP contribution in [0.5, 0.6) is 0 Å². The van der Waals surface area contributed by atoms with E-state index in [-0.39, 0.29) is 0 Å². The van der Waals surface area contributed by atoms with Crippen molar-refractivity contribution in [2.24, 2.45) is 5.92 Å². The molecule has 2 N–H and O–H groups in total. The Hall–Kier alpha value is -1.02. The third-order valence-corrected chi connectivity index (χ3v) is 4.29. The fraction of sp³-hybridized carbons (Fsp3) is 0.647. The van der Waals surface area contributed by atoms with Gasteiger partial charge >= 0.3 is 0 Å². The van der Waals surface area contributed by atoms with E-state index in [0.717, 1.165) is 18.0 Å². The molecule has 2 heteroatoms. The first-order chi connectivity index (χ1) is 9.28. The van der Waals surface area contributed by atoms with Crippen molar-refractivity contribution in [3.63, 3.8) is 0 Å². The summed E-state index contributed by atoms with van der Waals surface area (Å²) in [6.45, 7) is 6.16. The Labute approximate surface area is 118 Å². The minimum absolute atomic E-state index is 0.887. The molecule has 19 heavy (non-hydrogen) atoms. The molecule has 2 rings (SSSR count). The number of aryl methyl sites for hydroxylation is 1. The molecule has 106 valence electrons. The zero-order chi connectivity index (χ0) is 13.5. The molecule has 1 aromatic carbocycles. The molecule has 1 heterocycles. The van der Waals surface area contributed by atoms with Crippen LogP contribution in [0.3, 0.4) is 0 Å². The standard InChI is InChI=1S/C17H28N2/c1-2-5-15-9-12-19(13-10-15)11-4-7-16-6-3-8-17(18)14-16/h3,6,8,14-15H,2,4-5,7,9-13,18H2,1H3. The van der Waals surface area contributed by atoms with Crippen LogP contribution in [-0.4, -0.2) is 24.5 Å². The first-order valence-corrected chi connectivity index (χ1v) is 7.84. The predicted octanol–water partition coefficient (Wildman–Crippen LogP) is 3.71. The van der Waals surface area contributed by atoms with Gasteiger partial charge in [0.05, 0.1) is 0 Å². The Morgan fingerprint density at radius 2 is 2.05 bits per heavy atom. The van der Waals surface area contributed by atoms with Gasteiger partial charge in [0.25, 0.3) is 0 Å². The van der Waals surface area contributed by atoms with E-state index < -0.39 is 0 Å². The van der Waals surface area contributed by atoms with Crippen molar-refractivity contribution in [1.29, 1.82) is 0 Å². The van der Waals surface area contributed by atoms with Crippen molar-refractivity contribution in [2.45, 2.75) is 45.4 Å². The molecule has 1 aliphatic heterocycles. The first kappa shape index (κ1) is 14.4. The van der Waals surface area contributed by atoms with Crippen molar-refractivity contribution < 1.29 is 0 Å². The number of piperidine rings is 1. The minimum atomic E-state index is 0.887. The summed E-state index contributed by atoms with van der Waals surface area (Å²) in [4.78, 5) is 2.64. The number of benzene rings is 1. The van der Waals surface area contributed by atoms with Crippen LogP contribution in [0, 0.1) is 5.92 Å².